The first-order valence-corrected chi connectivity index (χ1v) is 13.6. The van der Waals surface area contributed by atoms with Crippen LogP contribution in [0.4, 0.5) is 10.5 Å². The summed E-state index contributed by atoms with van der Waals surface area (Å²) in [6, 6.07) is 0.583. The summed E-state index contributed by atoms with van der Waals surface area (Å²) in [5.74, 6) is -7.05. The van der Waals surface area contributed by atoms with Crippen LogP contribution in [0.25, 0.3) is 0 Å². The fraction of sp³-hybridized carbons (Fsp3) is 0.517. The molecule has 7 N–H and O–H groups in total. The number of allylic oxidation sites excluding steroid dienone is 1. The molecule has 4 unspecified atom stereocenters. The minimum atomic E-state index is -2.72. The number of nitrogens with two attached hydrogens (primary N) is 1. The Morgan fingerprint density at radius 1 is 1.17 bits per heavy atom. The van der Waals surface area contributed by atoms with Gasteiger partial charge in [-0.05, 0) is 50.4 Å². The summed E-state index contributed by atoms with van der Waals surface area (Å²) in [5, 5.41) is 47.9. The predicted molar refractivity (Wildman–Crippen MR) is 151 cm³/mol. The van der Waals surface area contributed by atoms with Crippen molar-refractivity contribution < 1.29 is 44.3 Å². The Kier molecular flexibility index (Phi) is 8.04. The van der Waals surface area contributed by atoms with E-state index in [1.54, 1.807) is 39.2 Å². The standard InChI is InChI=1S/C29H38N4O9/c1-12(2)11-42-28(40)31-10-14-9-17(32(3)4)15-7-13-8-16-21(33(5)6)24(36)20(27(30)39)26(38)29(16,41)25(37)18(13)23(35)19(15)22(14)34/h9,12-13,16,21,34,36-37,41H,7-8,10-11H2,1-6H3,(H2,30,39)(H,31,40). The zero-order valence-corrected chi connectivity index (χ0v) is 24.5. The summed E-state index contributed by atoms with van der Waals surface area (Å²) in [6.45, 7) is 3.79. The van der Waals surface area contributed by atoms with E-state index in [0.29, 0.717) is 11.3 Å². The van der Waals surface area contributed by atoms with E-state index in [-0.39, 0.29) is 48.6 Å². The number of carbonyl (C=O) groups excluding carboxylic acids is 4. The number of Topliss-reactive ketones (excluding diaryl/α,β-unsaturated/α-hetero) is 2. The molecule has 0 radical (unpaired) electrons. The average molecular weight is 587 g/mol. The Morgan fingerprint density at radius 2 is 1.81 bits per heavy atom. The highest BCUT2D eigenvalue weighted by molar-refractivity contribution is 6.25. The van der Waals surface area contributed by atoms with Gasteiger partial charge in [0.25, 0.3) is 5.91 Å². The first kappa shape index (κ1) is 30.8. The Bertz CT molecular complexity index is 1430. The molecule has 228 valence electrons. The summed E-state index contributed by atoms with van der Waals surface area (Å²) in [5.41, 5.74) is 2.70. The largest absolute Gasteiger partial charge is 0.510 e. The SMILES string of the molecule is CC(C)COC(=O)NCc1cc(N(C)C)c2c(c1O)C(=O)C1=C(O)C3(O)C(=O)C(C(N)=O)=C(O)C(N(C)C)C3CC1C2. The van der Waals surface area contributed by atoms with Crippen molar-refractivity contribution in [2.45, 2.75) is 44.9 Å². The first-order chi connectivity index (χ1) is 19.5. The van der Waals surface area contributed by atoms with Gasteiger partial charge in [0, 0.05) is 43.4 Å². The Hall–Kier alpha value is -4.10. The smallest absolute Gasteiger partial charge is 0.407 e. The van der Waals surface area contributed by atoms with Gasteiger partial charge in [-0.25, -0.2) is 4.79 Å². The molecule has 13 heteroatoms. The molecule has 1 aromatic rings. The van der Waals surface area contributed by atoms with E-state index < -0.39 is 69.9 Å². The molecular formula is C29H38N4O9. The second kappa shape index (κ2) is 11.0. The molecule has 0 saturated carbocycles. The number of primary amides is 1. The molecule has 0 aliphatic heterocycles. The van der Waals surface area contributed by atoms with E-state index in [1.165, 1.54) is 4.90 Å². The maximum atomic E-state index is 14.0. The number of nitrogens with one attached hydrogen (secondary N) is 1. The number of ether oxygens (including phenoxy) is 1. The quantitative estimate of drug-likeness (QED) is 0.249. The lowest BCUT2D eigenvalue weighted by molar-refractivity contribution is -0.148. The number of alkyl carbamates (subject to hydrolysis) is 1. The molecule has 0 bridgehead atoms. The van der Waals surface area contributed by atoms with Crippen LogP contribution in [0, 0.1) is 17.8 Å². The van der Waals surface area contributed by atoms with Crippen LogP contribution in [-0.4, -0.2) is 95.3 Å². The molecule has 4 rings (SSSR count). The number of aliphatic hydroxyl groups is 3. The van der Waals surface area contributed by atoms with E-state index in [9.17, 15) is 39.6 Å². The van der Waals surface area contributed by atoms with Gasteiger partial charge in [0.2, 0.25) is 5.78 Å². The summed E-state index contributed by atoms with van der Waals surface area (Å²) >= 11 is 0. The van der Waals surface area contributed by atoms with Crippen LogP contribution < -0.4 is 16.0 Å². The number of benzene rings is 1. The minimum Gasteiger partial charge on any atom is -0.510 e. The van der Waals surface area contributed by atoms with E-state index in [1.807, 2.05) is 13.8 Å². The van der Waals surface area contributed by atoms with Gasteiger partial charge in [0.1, 0.15) is 22.8 Å². The van der Waals surface area contributed by atoms with Crippen molar-refractivity contribution in [1.29, 1.82) is 0 Å². The second-order valence-electron chi connectivity index (χ2n) is 12.0. The molecular weight excluding hydrogens is 548 g/mol. The van der Waals surface area contributed by atoms with Crippen LogP contribution in [-0.2, 0) is 27.3 Å². The summed E-state index contributed by atoms with van der Waals surface area (Å²) in [7, 11) is 6.65. The highest BCUT2D eigenvalue weighted by atomic mass is 16.5. The number of aliphatic hydroxyl groups excluding tert-OH is 2. The summed E-state index contributed by atoms with van der Waals surface area (Å²) < 4.78 is 5.12. The van der Waals surface area contributed by atoms with E-state index in [2.05, 4.69) is 5.32 Å². The third-order valence-corrected chi connectivity index (χ3v) is 8.23. The third-order valence-electron chi connectivity index (χ3n) is 8.23. The van der Waals surface area contributed by atoms with Crippen LogP contribution in [0.5, 0.6) is 5.75 Å². The number of ketones is 2. The molecule has 3 aliphatic carbocycles. The number of hydrogen-bond acceptors (Lipinski definition) is 11. The van der Waals surface area contributed by atoms with Gasteiger partial charge in [-0.2, -0.15) is 0 Å². The number of aromatic hydroxyl groups is 1. The molecule has 1 aromatic carbocycles. The van der Waals surface area contributed by atoms with Gasteiger partial charge in [-0.3, -0.25) is 19.3 Å². The van der Waals surface area contributed by atoms with Crippen molar-refractivity contribution in [1.82, 2.24) is 10.2 Å². The number of nitrogens with zero attached hydrogens (tertiary/aromatic N) is 2. The van der Waals surface area contributed by atoms with Crippen molar-refractivity contribution in [3.8, 4) is 5.75 Å². The highest BCUT2D eigenvalue weighted by Gasteiger charge is 2.63. The fourth-order valence-electron chi connectivity index (χ4n) is 6.35. The van der Waals surface area contributed by atoms with Gasteiger partial charge < -0.3 is 41.1 Å². The normalized spacial score (nSPS) is 25.3. The second-order valence-corrected chi connectivity index (χ2v) is 12.0. The third kappa shape index (κ3) is 4.75. The Morgan fingerprint density at radius 3 is 2.36 bits per heavy atom. The number of anilines is 1. The molecule has 4 atom stereocenters. The number of phenols is 1. The van der Waals surface area contributed by atoms with Crippen LogP contribution in [0.15, 0.2) is 28.7 Å². The summed E-state index contributed by atoms with van der Waals surface area (Å²) in [4.78, 5) is 55.1. The van der Waals surface area contributed by atoms with E-state index in [0.717, 1.165) is 0 Å². The number of rotatable bonds is 7. The van der Waals surface area contributed by atoms with E-state index in [4.69, 9.17) is 10.5 Å². The Balaban J connectivity index is 1.84. The molecule has 42 heavy (non-hydrogen) atoms. The predicted octanol–water partition coefficient (Wildman–Crippen LogP) is 1.07. The van der Waals surface area contributed by atoms with Gasteiger partial charge in [-0.15, -0.1) is 0 Å². The molecule has 0 heterocycles. The maximum Gasteiger partial charge on any atom is 0.407 e. The molecule has 0 fully saturated rings. The van der Waals surface area contributed by atoms with Gasteiger partial charge in [0.05, 0.1) is 18.2 Å². The van der Waals surface area contributed by atoms with Crippen LogP contribution in [0.1, 0.15) is 41.8 Å². The number of likely N-dealkylation sites (N-methyl/N-ethyl adjacent to an activating group) is 1. The van der Waals surface area contributed by atoms with Gasteiger partial charge in [-0.1, -0.05) is 13.8 Å². The topological polar surface area (TPSA) is 203 Å². The lowest BCUT2D eigenvalue weighted by Gasteiger charge is -2.50. The summed E-state index contributed by atoms with van der Waals surface area (Å²) in [6.07, 6.45) is -0.559. The average Bonchev–Trinajstić information content (AvgIpc) is 2.88. The van der Waals surface area contributed by atoms with Crippen molar-refractivity contribution in [3.63, 3.8) is 0 Å². The minimum absolute atomic E-state index is 0.00953. The van der Waals surface area contributed by atoms with Crippen molar-refractivity contribution in [2.24, 2.45) is 23.5 Å². The number of hydrogen-bond donors (Lipinski definition) is 6. The molecule has 3 aliphatic rings. The fourth-order valence-corrected chi connectivity index (χ4v) is 6.35. The van der Waals surface area contributed by atoms with Gasteiger partial charge >= 0.3 is 6.09 Å². The lowest BCUT2D eigenvalue weighted by atomic mass is 9.58. The van der Waals surface area contributed by atoms with Crippen molar-refractivity contribution in [2.75, 3.05) is 39.7 Å². The molecule has 13 nitrogen and oxygen atoms in total. The molecule has 0 aromatic heterocycles. The maximum absolute atomic E-state index is 14.0. The highest BCUT2D eigenvalue weighted by Crippen LogP contribution is 2.53. The van der Waals surface area contributed by atoms with Crippen molar-refractivity contribution >= 4 is 29.3 Å². The van der Waals surface area contributed by atoms with Crippen LogP contribution in [0.2, 0.25) is 0 Å². The Labute approximate surface area is 243 Å². The zero-order valence-electron chi connectivity index (χ0n) is 24.5. The van der Waals surface area contributed by atoms with Crippen molar-refractivity contribution in [3.05, 3.63) is 45.4 Å². The molecule has 0 spiro atoms. The number of carbonyl (C=O) groups is 4. The lowest BCUT2D eigenvalue weighted by Crippen LogP contribution is -2.63. The number of fused-ring (bicyclic) bond motifs is 3. The van der Waals surface area contributed by atoms with Gasteiger partial charge in [0.15, 0.2) is 11.4 Å². The van der Waals surface area contributed by atoms with Crippen LogP contribution in [0.3, 0.4) is 0 Å². The molecule has 2 amide bonds. The number of amides is 2. The van der Waals surface area contributed by atoms with E-state index >= 15 is 0 Å². The molecule has 0 saturated heterocycles. The monoisotopic (exact) mass is 586 g/mol. The first-order valence-electron chi connectivity index (χ1n) is 13.6. The van der Waals surface area contributed by atoms with Crippen LogP contribution >= 0.6 is 0 Å². The number of phenolic OH excluding ortho intramolecular Hbond substituents is 1. The zero-order chi connectivity index (χ0) is 31.4.